The predicted molar refractivity (Wildman–Crippen MR) is 115 cm³/mol. The minimum absolute atomic E-state index is 0.142. The minimum Gasteiger partial charge on any atom is -0.497 e. The summed E-state index contributed by atoms with van der Waals surface area (Å²) in [4.78, 5) is 12.7. The number of anilines is 1. The van der Waals surface area contributed by atoms with Crippen LogP contribution in [0, 0.1) is 5.92 Å². The van der Waals surface area contributed by atoms with E-state index in [1.54, 1.807) is 43.5 Å². The van der Waals surface area contributed by atoms with Gasteiger partial charge in [-0.25, -0.2) is 12.7 Å². The van der Waals surface area contributed by atoms with E-state index in [1.807, 2.05) is 0 Å². The number of nitrogens with zero attached hydrogens (tertiary/aromatic N) is 1. The highest BCUT2D eigenvalue weighted by molar-refractivity contribution is 7.88. The summed E-state index contributed by atoms with van der Waals surface area (Å²) in [7, 11) is -2.06. The van der Waals surface area contributed by atoms with Gasteiger partial charge in [-0.3, -0.25) is 4.79 Å². The topological polar surface area (TPSA) is 75.7 Å². The number of methoxy groups -OCH3 is 1. The largest absolute Gasteiger partial charge is 0.497 e. The molecule has 1 aliphatic rings. The average Bonchev–Trinajstić information content (AvgIpc) is 2.70. The SMILES string of the molecule is COc1cccc(NC(=O)[C@@H]2CCCN(S(=O)(=O)Cc3ccc(Cl)cc3Cl)C2)c1. The average molecular weight is 457 g/mol. The van der Waals surface area contributed by atoms with E-state index < -0.39 is 15.9 Å². The zero-order chi connectivity index (χ0) is 21.0. The van der Waals surface area contributed by atoms with Gasteiger partial charge >= 0.3 is 0 Å². The molecule has 0 spiro atoms. The van der Waals surface area contributed by atoms with Gasteiger partial charge in [0.25, 0.3) is 0 Å². The van der Waals surface area contributed by atoms with Gasteiger partial charge in [0.15, 0.2) is 0 Å². The number of amides is 1. The molecule has 0 aromatic heterocycles. The van der Waals surface area contributed by atoms with Crippen molar-refractivity contribution in [1.82, 2.24) is 4.31 Å². The van der Waals surface area contributed by atoms with E-state index in [0.29, 0.717) is 46.4 Å². The first-order valence-corrected chi connectivity index (χ1v) is 11.5. The number of carbonyl (C=O) groups is 1. The lowest BCUT2D eigenvalue weighted by molar-refractivity contribution is -0.120. The van der Waals surface area contributed by atoms with Crippen LogP contribution in [0.5, 0.6) is 5.75 Å². The third-order valence-electron chi connectivity index (χ3n) is 4.84. The van der Waals surface area contributed by atoms with Crippen molar-refractivity contribution in [2.24, 2.45) is 5.92 Å². The Morgan fingerprint density at radius 1 is 1.24 bits per heavy atom. The van der Waals surface area contributed by atoms with Crippen molar-refractivity contribution >= 4 is 44.8 Å². The van der Waals surface area contributed by atoms with Crippen LogP contribution < -0.4 is 10.1 Å². The summed E-state index contributed by atoms with van der Waals surface area (Å²) in [6.07, 6.45) is 1.24. The molecular weight excluding hydrogens is 435 g/mol. The molecule has 0 unspecified atom stereocenters. The van der Waals surface area contributed by atoms with Crippen LogP contribution in [0.25, 0.3) is 0 Å². The Labute approximate surface area is 180 Å². The maximum absolute atomic E-state index is 12.9. The maximum atomic E-state index is 12.9. The van der Waals surface area contributed by atoms with Crippen molar-refractivity contribution in [3.8, 4) is 5.75 Å². The smallest absolute Gasteiger partial charge is 0.228 e. The zero-order valence-electron chi connectivity index (χ0n) is 15.9. The molecule has 1 amide bonds. The molecule has 0 bridgehead atoms. The van der Waals surface area contributed by atoms with Gasteiger partial charge in [0.2, 0.25) is 15.9 Å². The Bertz CT molecular complexity index is 998. The summed E-state index contributed by atoms with van der Waals surface area (Å²) < 4.78 is 32.3. The molecule has 1 heterocycles. The number of rotatable bonds is 6. The quantitative estimate of drug-likeness (QED) is 0.706. The summed E-state index contributed by atoms with van der Waals surface area (Å²) in [6.45, 7) is 0.528. The highest BCUT2D eigenvalue weighted by atomic mass is 35.5. The maximum Gasteiger partial charge on any atom is 0.228 e. The number of hydrogen-bond donors (Lipinski definition) is 1. The second-order valence-corrected chi connectivity index (χ2v) is 9.72. The Morgan fingerprint density at radius 2 is 2.03 bits per heavy atom. The van der Waals surface area contributed by atoms with Crippen molar-refractivity contribution in [3.05, 3.63) is 58.1 Å². The fourth-order valence-electron chi connectivity index (χ4n) is 3.28. The van der Waals surface area contributed by atoms with Crippen molar-refractivity contribution in [2.45, 2.75) is 18.6 Å². The molecule has 9 heteroatoms. The molecule has 2 aromatic carbocycles. The van der Waals surface area contributed by atoms with Crippen LogP contribution in [0.1, 0.15) is 18.4 Å². The molecule has 1 aliphatic heterocycles. The van der Waals surface area contributed by atoms with Gasteiger partial charge in [-0.2, -0.15) is 0 Å². The second kappa shape index (κ2) is 9.34. The van der Waals surface area contributed by atoms with Crippen molar-refractivity contribution in [1.29, 1.82) is 0 Å². The van der Waals surface area contributed by atoms with Crippen LogP contribution in [0.2, 0.25) is 10.0 Å². The van der Waals surface area contributed by atoms with E-state index in [0.717, 1.165) is 0 Å². The normalized spacial score (nSPS) is 17.7. The Kier molecular flexibility index (Phi) is 7.05. The molecule has 0 aliphatic carbocycles. The van der Waals surface area contributed by atoms with E-state index in [9.17, 15) is 13.2 Å². The number of carbonyl (C=O) groups excluding carboxylic acids is 1. The number of piperidine rings is 1. The van der Waals surface area contributed by atoms with Gasteiger partial charge in [-0.05, 0) is 42.7 Å². The number of hydrogen-bond acceptors (Lipinski definition) is 4. The highest BCUT2D eigenvalue weighted by Gasteiger charge is 2.32. The standard InChI is InChI=1S/C20H22Cl2N2O4S/c1-28-18-6-2-5-17(11-18)23-20(25)14-4-3-9-24(12-14)29(26,27)13-15-7-8-16(21)10-19(15)22/h2,5-8,10-11,14H,3-4,9,12-13H2,1H3,(H,23,25)/t14-/m1/s1. The van der Waals surface area contributed by atoms with Crippen LogP contribution in [0.15, 0.2) is 42.5 Å². The molecule has 1 fully saturated rings. The van der Waals surface area contributed by atoms with Crippen molar-refractivity contribution < 1.29 is 17.9 Å². The van der Waals surface area contributed by atoms with Crippen molar-refractivity contribution in [2.75, 3.05) is 25.5 Å². The molecule has 0 radical (unpaired) electrons. The molecule has 156 valence electrons. The number of ether oxygens (including phenoxy) is 1. The lowest BCUT2D eigenvalue weighted by Gasteiger charge is -2.31. The van der Waals surface area contributed by atoms with Gasteiger partial charge < -0.3 is 10.1 Å². The van der Waals surface area contributed by atoms with Gasteiger partial charge in [0.1, 0.15) is 5.75 Å². The lowest BCUT2D eigenvalue weighted by Crippen LogP contribution is -2.44. The van der Waals surface area contributed by atoms with Crippen LogP contribution in [-0.2, 0) is 20.6 Å². The summed E-state index contributed by atoms with van der Waals surface area (Å²) in [6, 6.07) is 11.8. The van der Waals surface area contributed by atoms with E-state index >= 15 is 0 Å². The molecule has 0 saturated carbocycles. The third-order valence-corrected chi connectivity index (χ3v) is 7.22. The van der Waals surface area contributed by atoms with Crippen LogP contribution in [-0.4, -0.2) is 38.8 Å². The van der Waals surface area contributed by atoms with Gasteiger partial charge in [0.05, 0.1) is 18.8 Å². The summed E-state index contributed by atoms with van der Waals surface area (Å²) in [5, 5.41) is 3.61. The number of nitrogens with one attached hydrogen (secondary N) is 1. The Morgan fingerprint density at radius 3 is 2.76 bits per heavy atom. The number of halogens is 2. The molecule has 6 nitrogen and oxygen atoms in total. The summed E-state index contributed by atoms with van der Waals surface area (Å²) in [5.41, 5.74) is 1.10. The molecular formula is C20H22Cl2N2O4S. The van der Waals surface area contributed by atoms with E-state index in [4.69, 9.17) is 27.9 Å². The molecule has 29 heavy (non-hydrogen) atoms. The van der Waals surface area contributed by atoms with Crippen molar-refractivity contribution in [3.63, 3.8) is 0 Å². The third kappa shape index (κ3) is 5.63. The fourth-order valence-corrected chi connectivity index (χ4v) is 5.48. The van der Waals surface area contributed by atoms with Crippen LogP contribution in [0.3, 0.4) is 0 Å². The first kappa shape index (κ1) is 21.9. The summed E-state index contributed by atoms with van der Waals surface area (Å²) in [5.74, 6) is -0.226. The van der Waals surface area contributed by atoms with Crippen LogP contribution >= 0.6 is 23.2 Å². The first-order valence-electron chi connectivity index (χ1n) is 9.15. The van der Waals surface area contributed by atoms with Gasteiger partial charge in [0, 0.05) is 34.9 Å². The first-order chi connectivity index (χ1) is 13.8. The molecule has 3 rings (SSSR count). The van der Waals surface area contributed by atoms with Crippen LogP contribution in [0.4, 0.5) is 5.69 Å². The van der Waals surface area contributed by atoms with Gasteiger partial charge in [-0.15, -0.1) is 0 Å². The number of benzene rings is 2. The Balaban J connectivity index is 1.68. The molecule has 2 aromatic rings. The summed E-state index contributed by atoms with van der Waals surface area (Å²) >= 11 is 12.0. The molecule has 1 atom stereocenters. The highest BCUT2D eigenvalue weighted by Crippen LogP contribution is 2.27. The number of sulfonamides is 1. The monoisotopic (exact) mass is 456 g/mol. The van der Waals surface area contributed by atoms with Gasteiger partial charge in [-0.1, -0.05) is 35.3 Å². The predicted octanol–water partition coefficient (Wildman–Crippen LogP) is 4.18. The van der Waals surface area contributed by atoms with E-state index in [2.05, 4.69) is 5.32 Å². The van der Waals surface area contributed by atoms with E-state index in [1.165, 1.54) is 10.4 Å². The Hall–Kier alpha value is -1.80. The second-order valence-electron chi connectivity index (χ2n) is 6.91. The minimum atomic E-state index is -3.62. The molecule has 1 N–H and O–H groups in total. The fraction of sp³-hybridized carbons (Fsp3) is 0.350. The molecule has 1 saturated heterocycles. The lowest BCUT2D eigenvalue weighted by atomic mass is 9.98. The zero-order valence-corrected chi connectivity index (χ0v) is 18.2. The van der Waals surface area contributed by atoms with E-state index in [-0.39, 0.29) is 18.2 Å².